The number of ketones is 1. The Kier molecular flexibility index (Phi) is 4.42. The van der Waals surface area contributed by atoms with Crippen molar-refractivity contribution in [3.05, 3.63) is 11.3 Å². The third-order valence-electron chi connectivity index (χ3n) is 2.00. The average molecular weight is 241 g/mol. The Hall–Kier alpha value is -1.43. The van der Waals surface area contributed by atoms with E-state index in [4.69, 9.17) is 0 Å². The number of carbonyl (C=O) groups excluding carboxylic acids is 2. The number of aryl methyl sites for hydroxylation is 1. The number of amides is 1. The lowest BCUT2D eigenvalue weighted by Crippen LogP contribution is -2.26. The molecule has 0 atom stereocenters. The van der Waals surface area contributed by atoms with Crippen LogP contribution >= 0.6 is 11.5 Å². The maximum Gasteiger partial charge on any atom is 0.216 e. The van der Waals surface area contributed by atoms with Gasteiger partial charge in [-0.3, -0.25) is 9.59 Å². The van der Waals surface area contributed by atoms with Crippen molar-refractivity contribution in [2.75, 3.05) is 18.4 Å². The highest BCUT2D eigenvalue weighted by Gasteiger charge is 2.13. The Labute approximate surface area is 98.4 Å². The third kappa shape index (κ3) is 3.30. The van der Waals surface area contributed by atoms with Crippen LogP contribution in [0.1, 0.15) is 29.9 Å². The molecule has 1 aromatic rings. The molecule has 0 aliphatic carbocycles. The Morgan fingerprint density at radius 3 is 2.56 bits per heavy atom. The molecule has 0 radical (unpaired) electrons. The van der Waals surface area contributed by atoms with Crippen molar-refractivity contribution in [3.8, 4) is 0 Å². The lowest BCUT2D eigenvalue weighted by atomic mass is 10.2. The lowest BCUT2D eigenvalue weighted by molar-refractivity contribution is -0.118. The molecule has 0 unspecified atom stereocenters. The fraction of sp³-hybridized carbons (Fsp3) is 0.500. The fourth-order valence-electron chi connectivity index (χ4n) is 1.32. The number of nitrogens with zero attached hydrogens (tertiary/aromatic N) is 1. The molecule has 6 heteroatoms. The first kappa shape index (κ1) is 12.6. The Bertz CT molecular complexity index is 401. The number of Topliss-reactive ketones (excluding diaryl/α,β-unsaturated/α-hetero) is 1. The summed E-state index contributed by atoms with van der Waals surface area (Å²) in [7, 11) is 0. The molecule has 88 valence electrons. The van der Waals surface area contributed by atoms with E-state index in [-0.39, 0.29) is 11.7 Å². The zero-order chi connectivity index (χ0) is 12.1. The van der Waals surface area contributed by atoms with Gasteiger partial charge in [0.1, 0.15) is 5.00 Å². The molecule has 5 nitrogen and oxygen atoms in total. The summed E-state index contributed by atoms with van der Waals surface area (Å²) in [5.41, 5.74) is 1.40. The van der Waals surface area contributed by atoms with Gasteiger partial charge in [0.15, 0.2) is 5.78 Å². The lowest BCUT2D eigenvalue weighted by Gasteiger charge is -2.05. The molecule has 1 rings (SSSR count). The summed E-state index contributed by atoms with van der Waals surface area (Å²) >= 11 is 1.27. The minimum atomic E-state index is -0.0610. The number of hydrogen-bond donors (Lipinski definition) is 2. The average Bonchev–Trinajstić information content (AvgIpc) is 2.54. The van der Waals surface area contributed by atoms with Crippen LogP contribution in [0.5, 0.6) is 0 Å². The first-order valence-corrected chi connectivity index (χ1v) is 5.75. The van der Waals surface area contributed by atoms with Crippen LogP contribution in [0, 0.1) is 6.92 Å². The Balaban J connectivity index is 2.54. The van der Waals surface area contributed by atoms with Gasteiger partial charge in [-0.25, -0.2) is 0 Å². The van der Waals surface area contributed by atoms with Crippen LogP contribution in [-0.2, 0) is 4.79 Å². The second-order valence-corrected chi connectivity index (χ2v) is 4.21. The molecule has 0 fully saturated rings. The minimum Gasteiger partial charge on any atom is -0.373 e. The van der Waals surface area contributed by atoms with E-state index in [1.807, 2.05) is 6.92 Å². The van der Waals surface area contributed by atoms with Crippen molar-refractivity contribution in [3.63, 3.8) is 0 Å². The molecule has 1 aromatic heterocycles. The highest BCUT2D eigenvalue weighted by atomic mass is 32.1. The summed E-state index contributed by atoms with van der Waals surface area (Å²) in [6.07, 6.45) is 0. The van der Waals surface area contributed by atoms with Crippen LogP contribution in [0.15, 0.2) is 0 Å². The Morgan fingerprint density at radius 2 is 2.00 bits per heavy atom. The number of rotatable bonds is 5. The second kappa shape index (κ2) is 5.60. The van der Waals surface area contributed by atoms with E-state index in [9.17, 15) is 9.59 Å². The standard InChI is InChI=1S/C10H15N3O2S/c1-6-9(7(2)14)10(16-13-6)12-5-4-11-8(3)15/h12H,4-5H2,1-3H3,(H,11,15). The summed E-state index contributed by atoms with van der Waals surface area (Å²) in [6, 6.07) is 0. The van der Waals surface area contributed by atoms with E-state index in [1.54, 1.807) is 0 Å². The van der Waals surface area contributed by atoms with Gasteiger partial charge in [-0.2, -0.15) is 4.37 Å². The summed E-state index contributed by atoms with van der Waals surface area (Å²) in [4.78, 5) is 22.0. The van der Waals surface area contributed by atoms with E-state index in [0.717, 1.165) is 10.7 Å². The maximum absolute atomic E-state index is 11.3. The predicted octanol–water partition coefficient (Wildman–Crippen LogP) is 1.20. The van der Waals surface area contributed by atoms with Crippen molar-refractivity contribution in [2.45, 2.75) is 20.8 Å². The highest BCUT2D eigenvalue weighted by molar-refractivity contribution is 7.10. The van der Waals surface area contributed by atoms with Crippen LogP contribution in [-0.4, -0.2) is 29.2 Å². The third-order valence-corrected chi connectivity index (χ3v) is 2.90. The van der Waals surface area contributed by atoms with Crippen molar-refractivity contribution in [1.82, 2.24) is 9.69 Å². The molecule has 0 aromatic carbocycles. The second-order valence-electron chi connectivity index (χ2n) is 3.44. The molecule has 0 saturated carbocycles. The molecule has 2 N–H and O–H groups in total. The summed E-state index contributed by atoms with van der Waals surface area (Å²) in [5, 5.41) is 6.53. The number of nitrogens with one attached hydrogen (secondary N) is 2. The summed E-state index contributed by atoms with van der Waals surface area (Å²) in [5.74, 6) is -0.0534. The predicted molar refractivity (Wildman–Crippen MR) is 64.0 cm³/mol. The molecule has 16 heavy (non-hydrogen) atoms. The smallest absolute Gasteiger partial charge is 0.216 e. The number of aromatic nitrogens is 1. The van der Waals surface area contributed by atoms with Gasteiger partial charge < -0.3 is 10.6 Å². The van der Waals surface area contributed by atoms with Gasteiger partial charge in [-0.1, -0.05) is 0 Å². The zero-order valence-corrected chi connectivity index (χ0v) is 10.4. The molecule has 1 amide bonds. The van der Waals surface area contributed by atoms with Gasteiger partial charge in [-0.15, -0.1) is 0 Å². The van der Waals surface area contributed by atoms with E-state index in [1.165, 1.54) is 25.4 Å². The molecular weight excluding hydrogens is 226 g/mol. The fourth-order valence-corrected chi connectivity index (χ4v) is 2.19. The van der Waals surface area contributed by atoms with Gasteiger partial charge >= 0.3 is 0 Å². The van der Waals surface area contributed by atoms with Crippen LogP contribution in [0.25, 0.3) is 0 Å². The normalized spacial score (nSPS) is 9.94. The van der Waals surface area contributed by atoms with E-state index >= 15 is 0 Å². The molecule has 0 aliphatic rings. The monoisotopic (exact) mass is 241 g/mol. The summed E-state index contributed by atoms with van der Waals surface area (Å²) in [6.45, 7) is 5.92. The van der Waals surface area contributed by atoms with Gasteiger partial charge in [-0.05, 0) is 25.4 Å². The van der Waals surface area contributed by atoms with Gasteiger partial charge in [0.25, 0.3) is 0 Å². The van der Waals surface area contributed by atoms with Crippen LogP contribution in [0.3, 0.4) is 0 Å². The van der Waals surface area contributed by atoms with E-state index < -0.39 is 0 Å². The molecule has 0 aliphatic heterocycles. The van der Waals surface area contributed by atoms with Crippen LogP contribution in [0.4, 0.5) is 5.00 Å². The topological polar surface area (TPSA) is 71.1 Å². The van der Waals surface area contributed by atoms with Gasteiger partial charge in [0, 0.05) is 20.0 Å². The number of anilines is 1. The highest BCUT2D eigenvalue weighted by Crippen LogP contribution is 2.24. The number of carbonyl (C=O) groups is 2. The largest absolute Gasteiger partial charge is 0.373 e. The van der Waals surface area contributed by atoms with Crippen molar-refractivity contribution < 1.29 is 9.59 Å². The molecule has 0 saturated heterocycles. The van der Waals surface area contributed by atoms with Crippen molar-refractivity contribution >= 4 is 28.2 Å². The van der Waals surface area contributed by atoms with Crippen molar-refractivity contribution in [1.29, 1.82) is 0 Å². The Morgan fingerprint density at radius 1 is 1.31 bits per heavy atom. The van der Waals surface area contributed by atoms with Crippen LogP contribution < -0.4 is 10.6 Å². The van der Waals surface area contributed by atoms with Crippen LogP contribution in [0.2, 0.25) is 0 Å². The maximum atomic E-state index is 11.3. The molecule has 1 heterocycles. The van der Waals surface area contributed by atoms with E-state index in [0.29, 0.717) is 18.7 Å². The first-order chi connectivity index (χ1) is 7.52. The van der Waals surface area contributed by atoms with Crippen molar-refractivity contribution in [2.24, 2.45) is 0 Å². The quantitative estimate of drug-likeness (QED) is 0.600. The molecule has 0 spiro atoms. The zero-order valence-electron chi connectivity index (χ0n) is 9.59. The number of hydrogen-bond acceptors (Lipinski definition) is 5. The summed E-state index contributed by atoms with van der Waals surface area (Å²) < 4.78 is 4.12. The van der Waals surface area contributed by atoms with E-state index in [2.05, 4.69) is 15.0 Å². The molecular formula is C10H15N3O2S. The van der Waals surface area contributed by atoms with Gasteiger partial charge in [0.2, 0.25) is 5.91 Å². The first-order valence-electron chi connectivity index (χ1n) is 4.98. The molecule has 0 bridgehead atoms. The SMILES string of the molecule is CC(=O)NCCNc1snc(C)c1C(C)=O. The van der Waals surface area contributed by atoms with Gasteiger partial charge in [0.05, 0.1) is 11.3 Å². The minimum absolute atomic E-state index is 0.00766.